The summed E-state index contributed by atoms with van der Waals surface area (Å²) in [6.45, 7) is 2.91. The molecule has 0 bridgehead atoms. The third-order valence-corrected chi connectivity index (χ3v) is 3.28. The monoisotopic (exact) mass is 307 g/mol. The van der Waals surface area contributed by atoms with Crippen LogP contribution in [0.3, 0.4) is 0 Å². The van der Waals surface area contributed by atoms with E-state index in [-0.39, 0.29) is 6.54 Å². The zero-order valence-electron chi connectivity index (χ0n) is 10.2. The lowest BCUT2D eigenvalue weighted by Crippen LogP contribution is -2.33. The average molecular weight is 308 g/mol. The third kappa shape index (κ3) is 3.26. The van der Waals surface area contributed by atoms with Gasteiger partial charge in [-0.15, -0.1) is 0 Å². The van der Waals surface area contributed by atoms with E-state index in [9.17, 15) is 4.39 Å². The van der Waals surface area contributed by atoms with Crippen molar-refractivity contribution in [3.8, 4) is 0 Å². The van der Waals surface area contributed by atoms with Crippen LogP contribution in [0.15, 0.2) is 10.7 Å². The molecule has 98 valence electrons. The Hall–Kier alpha value is -0.460. The molecule has 0 aliphatic carbocycles. The maximum absolute atomic E-state index is 14.8. The lowest BCUT2D eigenvalue weighted by Gasteiger charge is -2.25. The fraction of sp³-hybridized carbons (Fsp3) is 0.727. The molecule has 0 aromatic carbocycles. The summed E-state index contributed by atoms with van der Waals surface area (Å²) in [4.78, 5) is 0. The highest BCUT2D eigenvalue weighted by Gasteiger charge is 2.35. The van der Waals surface area contributed by atoms with Crippen LogP contribution in [0.2, 0.25) is 0 Å². The third-order valence-electron chi connectivity index (χ3n) is 2.70. The second-order valence-electron chi connectivity index (χ2n) is 3.98. The van der Waals surface area contributed by atoms with Gasteiger partial charge in [0.2, 0.25) is 0 Å². The fourth-order valence-corrected chi connectivity index (χ4v) is 2.52. The minimum Gasteiger partial charge on any atom is -0.383 e. The van der Waals surface area contributed by atoms with Crippen LogP contribution < -0.4 is 5.73 Å². The summed E-state index contributed by atoms with van der Waals surface area (Å²) >= 11 is 3.34. The predicted octanol–water partition coefficient (Wildman–Crippen LogP) is 2.22. The van der Waals surface area contributed by atoms with E-state index in [0.717, 1.165) is 6.42 Å². The molecular formula is C11H19BrFN3O. The van der Waals surface area contributed by atoms with E-state index in [2.05, 4.69) is 21.0 Å². The van der Waals surface area contributed by atoms with Gasteiger partial charge in [-0.3, -0.25) is 4.68 Å². The summed E-state index contributed by atoms with van der Waals surface area (Å²) in [7, 11) is 1.61. The highest BCUT2D eigenvalue weighted by molar-refractivity contribution is 9.10. The lowest BCUT2D eigenvalue weighted by atomic mass is 9.96. The first-order valence-electron chi connectivity index (χ1n) is 5.68. The highest BCUT2D eigenvalue weighted by atomic mass is 79.9. The fourth-order valence-electron chi connectivity index (χ4n) is 1.87. The van der Waals surface area contributed by atoms with E-state index < -0.39 is 5.67 Å². The highest BCUT2D eigenvalue weighted by Crippen LogP contribution is 2.35. The molecule has 1 heterocycles. The van der Waals surface area contributed by atoms with Crippen LogP contribution in [-0.2, 0) is 17.0 Å². The maximum Gasteiger partial charge on any atom is 0.165 e. The summed E-state index contributed by atoms with van der Waals surface area (Å²) in [5, 5.41) is 4.14. The Bertz CT molecular complexity index is 358. The smallest absolute Gasteiger partial charge is 0.165 e. The Kier molecular flexibility index (Phi) is 5.55. The van der Waals surface area contributed by atoms with E-state index in [1.54, 1.807) is 18.0 Å². The van der Waals surface area contributed by atoms with Gasteiger partial charge in [0, 0.05) is 13.7 Å². The Morgan fingerprint density at radius 1 is 1.65 bits per heavy atom. The minimum absolute atomic E-state index is 0.0435. The molecule has 17 heavy (non-hydrogen) atoms. The average Bonchev–Trinajstić information content (AvgIpc) is 2.68. The summed E-state index contributed by atoms with van der Waals surface area (Å²) < 4.78 is 22.0. The molecule has 0 spiro atoms. The van der Waals surface area contributed by atoms with Crippen molar-refractivity contribution in [2.45, 2.75) is 32.0 Å². The van der Waals surface area contributed by atoms with Gasteiger partial charge in [0.15, 0.2) is 5.67 Å². The van der Waals surface area contributed by atoms with Crippen LogP contribution in [0, 0.1) is 0 Å². The van der Waals surface area contributed by atoms with E-state index in [1.165, 1.54) is 0 Å². The molecule has 0 saturated heterocycles. The van der Waals surface area contributed by atoms with Gasteiger partial charge in [0.05, 0.1) is 29.5 Å². The van der Waals surface area contributed by atoms with Gasteiger partial charge in [0.25, 0.3) is 0 Å². The van der Waals surface area contributed by atoms with Gasteiger partial charge in [-0.2, -0.15) is 5.10 Å². The molecule has 1 aromatic rings. The topological polar surface area (TPSA) is 53.1 Å². The first-order valence-corrected chi connectivity index (χ1v) is 6.48. The molecule has 1 rings (SSSR count). The van der Waals surface area contributed by atoms with Gasteiger partial charge in [-0.1, -0.05) is 13.3 Å². The number of nitrogens with two attached hydrogens (primary N) is 1. The van der Waals surface area contributed by atoms with Crippen LogP contribution in [-0.4, -0.2) is 30.0 Å². The molecule has 1 atom stereocenters. The quantitative estimate of drug-likeness (QED) is 0.840. The molecule has 1 aromatic heterocycles. The number of rotatable bonds is 7. The van der Waals surface area contributed by atoms with Gasteiger partial charge >= 0.3 is 0 Å². The van der Waals surface area contributed by atoms with E-state index >= 15 is 0 Å². The summed E-state index contributed by atoms with van der Waals surface area (Å²) in [5.74, 6) is 0. The van der Waals surface area contributed by atoms with Gasteiger partial charge < -0.3 is 10.5 Å². The predicted molar refractivity (Wildman–Crippen MR) is 68.6 cm³/mol. The van der Waals surface area contributed by atoms with Crippen LogP contribution in [0.25, 0.3) is 0 Å². The summed E-state index contributed by atoms with van der Waals surface area (Å²) in [6.07, 6.45) is 2.72. The Labute approximate surface area is 109 Å². The molecule has 6 heteroatoms. The second kappa shape index (κ2) is 6.47. The van der Waals surface area contributed by atoms with Crippen molar-refractivity contribution in [1.82, 2.24) is 9.78 Å². The number of methoxy groups -OCH3 is 1. The van der Waals surface area contributed by atoms with Crippen LogP contribution >= 0.6 is 15.9 Å². The molecule has 0 aliphatic heterocycles. The van der Waals surface area contributed by atoms with Crippen LogP contribution in [0.1, 0.15) is 25.5 Å². The molecule has 0 amide bonds. The van der Waals surface area contributed by atoms with E-state index in [1.807, 2.05) is 6.92 Å². The Morgan fingerprint density at radius 2 is 2.35 bits per heavy atom. The molecular weight excluding hydrogens is 289 g/mol. The van der Waals surface area contributed by atoms with Gasteiger partial charge in [-0.25, -0.2) is 4.39 Å². The molecule has 4 nitrogen and oxygen atoms in total. The van der Waals surface area contributed by atoms with E-state index in [0.29, 0.717) is 29.7 Å². The molecule has 1 unspecified atom stereocenters. The number of hydrogen-bond donors (Lipinski definition) is 1. The Balaban J connectivity index is 3.04. The zero-order valence-corrected chi connectivity index (χ0v) is 11.8. The van der Waals surface area contributed by atoms with Crippen LogP contribution in [0.4, 0.5) is 4.39 Å². The van der Waals surface area contributed by atoms with Gasteiger partial charge in [0.1, 0.15) is 0 Å². The summed E-state index contributed by atoms with van der Waals surface area (Å²) in [5.41, 5.74) is 4.57. The first kappa shape index (κ1) is 14.6. The summed E-state index contributed by atoms with van der Waals surface area (Å²) in [6, 6.07) is 0. The molecule has 0 aliphatic rings. The number of alkyl halides is 1. The Morgan fingerprint density at radius 3 is 2.88 bits per heavy atom. The lowest BCUT2D eigenvalue weighted by molar-refractivity contribution is 0.134. The van der Waals surface area contributed by atoms with Crippen molar-refractivity contribution in [3.63, 3.8) is 0 Å². The minimum atomic E-state index is -1.53. The standard InChI is InChI=1S/C11H19BrFN3O/c1-3-4-11(13,8-14)10-9(12)7-15-16(10)5-6-17-2/h7H,3-6,8,14H2,1-2H3. The first-order chi connectivity index (χ1) is 8.09. The molecule has 0 radical (unpaired) electrons. The molecule has 0 fully saturated rings. The van der Waals surface area contributed by atoms with Crippen molar-refractivity contribution in [2.24, 2.45) is 5.73 Å². The largest absolute Gasteiger partial charge is 0.383 e. The number of halogens is 2. The van der Waals surface area contributed by atoms with Crippen molar-refractivity contribution in [3.05, 3.63) is 16.4 Å². The number of ether oxygens (including phenoxy) is 1. The van der Waals surface area contributed by atoms with Crippen molar-refractivity contribution >= 4 is 15.9 Å². The van der Waals surface area contributed by atoms with Crippen molar-refractivity contribution < 1.29 is 9.13 Å². The molecule has 2 N–H and O–H groups in total. The number of aromatic nitrogens is 2. The number of hydrogen-bond acceptors (Lipinski definition) is 3. The van der Waals surface area contributed by atoms with Crippen molar-refractivity contribution in [1.29, 1.82) is 0 Å². The zero-order chi connectivity index (χ0) is 12.9. The van der Waals surface area contributed by atoms with Crippen LogP contribution in [0.5, 0.6) is 0 Å². The van der Waals surface area contributed by atoms with Gasteiger partial charge in [-0.05, 0) is 22.4 Å². The SMILES string of the molecule is CCCC(F)(CN)c1c(Br)cnn1CCOC. The second-order valence-corrected chi connectivity index (χ2v) is 4.83. The van der Waals surface area contributed by atoms with E-state index in [4.69, 9.17) is 10.5 Å². The van der Waals surface area contributed by atoms with Crippen molar-refractivity contribution in [2.75, 3.05) is 20.3 Å². The maximum atomic E-state index is 14.8. The molecule has 0 saturated carbocycles. The number of nitrogens with zero attached hydrogens (tertiary/aromatic N) is 2. The normalized spacial score (nSPS) is 14.9.